The van der Waals surface area contributed by atoms with E-state index in [1.807, 2.05) is 0 Å². The molecule has 0 spiro atoms. The van der Waals surface area contributed by atoms with Crippen LogP contribution in [0.15, 0.2) is 18.2 Å². The average molecular weight is 242 g/mol. The molecule has 4 heteroatoms. The summed E-state index contributed by atoms with van der Waals surface area (Å²) in [5.41, 5.74) is 0.901. The predicted molar refractivity (Wildman–Crippen MR) is 61.3 cm³/mol. The molecule has 1 amide bonds. The number of hydrogen-bond donors (Lipinski definition) is 1. The van der Waals surface area contributed by atoms with Gasteiger partial charge in [0.05, 0.1) is 5.54 Å². The number of hydrogen-bond acceptors (Lipinski definition) is 1. The van der Waals surface area contributed by atoms with Gasteiger partial charge in [-0.1, -0.05) is 6.07 Å². The average Bonchev–Trinajstić information content (AvgIpc) is 3.02. The van der Waals surface area contributed by atoms with Crippen LogP contribution in [0.5, 0.6) is 0 Å². The molecule has 0 bridgehead atoms. The van der Waals surface area contributed by atoms with Gasteiger partial charge in [-0.2, -0.15) is 0 Å². The van der Waals surface area contributed by atoms with Crippen molar-refractivity contribution in [3.8, 4) is 0 Å². The summed E-state index contributed by atoms with van der Waals surface area (Å²) in [6.45, 7) is 1.79. The molecule has 0 unspecified atom stereocenters. The summed E-state index contributed by atoms with van der Waals surface area (Å²) >= 11 is 5.77. The molecule has 0 heterocycles. The maximum absolute atomic E-state index is 13.0. The summed E-state index contributed by atoms with van der Waals surface area (Å²) in [5, 5.41) is 2.86. The van der Waals surface area contributed by atoms with Crippen LogP contribution in [0.3, 0.4) is 0 Å². The van der Waals surface area contributed by atoms with Crippen molar-refractivity contribution < 1.29 is 9.18 Å². The Balaban J connectivity index is 2.17. The molecule has 0 radical (unpaired) electrons. The van der Waals surface area contributed by atoms with Crippen molar-refractivity contribution in [2.45, 2.75) is 25.3 Å². The number of amides is 1. The van der Waals surface area contributed by atoms with E-state index in [1.54, 1.807) is 13.0 Å². The molecule has 1 aromatic carbocycles. The van der Waals surface area contributed by atoms with Crippen molar-refractivity contribution >= 4 is 17.5 Å². The second-order valence-electron chi connectivity index (χ2n) is 4.33. The Kier molecular flexibility index (Phi) is 2.89. The normalized spacial score (nSPS) is 16.9. The van der Waals surface area contributed by atoms with Gasteiger partial charge in [0.2, 0.25) is 0 Å². The van der Waals surface area contributed by atoms with Crippen LogP contribution in [0.1, 0.15) is 28.8 Å². The van der Waals surface area contributed by atoms with Crippen molar-refractivity contribution in [2.75, 3.05) is 5.88 Å². The molecule has 16 heavy (non-hydrogen) atoms. The summed E-state index contributed by atoms with van der Waals surface area (Å²) in [4.78, 5) is 11.9. The van der Waals surface area contributed by atoms with Crippen LogP contribution >= 0.6 is 11.6 Å². The van der Waals surface area contributed by atoms with Crippen molar-refractivity contribution in [3.05, 3.63) is 35.1 Å². The van der Waals surface area contributed by atoms with Crippen LogP contribution in [0.25, 0.3) is 0 Å². The van der Waals surface area contributed by atoms with Gasteiger partial charge < -0.3 is 5.32 Å². The molecule has 1 fully saturated rings. The molecule has 0 aliphatic heterocycles. The lowest BCUT2D eigenvalue weighted by atomic mass is 10.1. The highest BCUT2D eigenvalue weighted by Crippen LogP contribution is 2.36. The lowest BCUT2D eigenvalue weighted by Crippen LogP contribution is -2.38. The van der Waals surface area contributed by atoms with Crippen molar-refractivity contribution in [3.63, 3.8) is 0 Å². The second kappa shape index (κ2) is 4.06. The third-order valence-electron chi connectivity index (χ3n) is 2.93. The van der Waals surface area contributed by atoms with Crippen molar-refractivity contribution in [1.82, 2.24) is 5.32 Å². The van der Waals surface area contributed by atoms with E-state index in [4.69, 9.17) is 11.6 Å². The SMILES string of the molecule is Cc1ccc(F)cc1C(=O)NC1(CCl)CC1. The molecule has 1 aliphatic carbocycles. The number of rotatable bonds is 3. The standard InChI is InChI=1S/C12H13ClFNO/c1-8-2-3-9(14)6-10(8)11(16)15-12(7-13)4-5-12/h2-3,6H,4-5,7H2,1H3,(H,15,16). The third kappa shape index (κ3) is 2.19. The molecule has 0 saturated heterocycles. The Morgan fingerprint density at radius 3 is 2.81 bits per heavy atom. The molecule has 0 atom stereocenters. The highest BCUT2D eigenvalue weighted by Gasteiger charge is 2.43. The highest BCUT2D eigenvalue weighted by molar-refractivity contribution is 6.19. The number of carbonyl (C=O) groups is 1. The van der Waals surface area contributed by atoms with Gasteiger partial charge in [-0.05, 0) is 37.5 Å². The van der Waals surface area contributed by atoms with E-state index >= 15 is 0 Å². The smallest absolute Gasteiger partial charge is 0.252 e. The first kappa shape index (κ1) is 11.4. The van der Waals surface area contributed by atoms with Crippen LogP contribution in [-0.2, 0) is 0 Å². The van der Waals surface area contributed by atoms with Crippen molar-refractivity contribution in [1.29, 1.82) is 0 Å². The first-order valence-corrected chi connectivity index (χ1v) is 5.74. The summed E-state index contributed by atoms with van der Waals surface area (Å²) in [6, 6.07) is 4.21. The van der Waals surface area contributed by atoms with Gasteiger partial charge in [-0.15, -0.1) is 11.6 Å². The van der Waals surface area contributed by atoms with Crippen LogP contribution in [0.4, 0.5) is 4.39 Å². The molecule has 1 saturated carbocycles. The summed E-state index contributed by atoms with van der Waals surface area (Å²) < 4.78 is 13.0. The summed E-state index contributed by atoms with van der Waals surface area (Å²) in [7, 11) is 0. The van der Waals surface area contributed by atoms with E-state index in [2.05, 4.69) is 5.32 Å². The maximum Gasteiger partial charge on any atom is 0.252 e. The lowest BCUT2D eigenvalue weighted by molar-refractivity contribution is 0.0935. The van der Waals surface area contributed by atoms with Crippen molar-refractivity contribution in [2.24, 2.45) is 0 Å². The number of benzene rings is 1. The van der Waals surface area contributed by atoms with Gasteiger partial charge >= 0.3 is 0 Å². The Labute approximate surface area is 98.8 Å². The fourth-order valence-corrected chi connectivity index (χ4v) is 1.92. The molecule has 1 N–H and O–H groups in total. The predicted octanol–water partition coefficient (Wildman–Crippen LogP) is 2.64. The fraction of sp³-hybridized carbons (Fsp3) is 0.417. The third-order valence-corrected chi connectivity index (χ3v) is 3.44. The van der Waals surface area contributed by atoms with Crippen LogP contribution in [0.2, 0.25) is 0 Å². The first-order chi connectivity index (χ1) is 7.56. The zero-order valence-corrected chi connectivity index (χ0v) is 9.77. The van der Waals surface area contributed by atoms with Gasteiger partial charge in [0, 0.05) is 11.4 Å². The van der Waals surface area contributed by atoms with E-state index in [-0.39, 0.29) is 11.4 Å². The Bertz CT molecular complexity index is 429. The minimum Gasteiger partial charge on any atom is -0.345 e. The molecule has 1 aliphatic rings. The van der Waals surface area contributed by atoms with Gasteiger partial charge in [0.25, 0.3) is 5.91 Å². The minimum absolute atomic E-state index is 0.241. The number of aryl methyl sites for hydroxylation is 1. The summed E-state index contributed by atoms with van der Waals surface area (Å²) in [5.74, 6) is -0.228. The highest BCUT2D eigenvalue weighted by atomic mass is 35.5. The summed E-state index contributed by atoms with van der Waals surface area (Å²) in [6.07, 6.45) is 1.80. The largest absolute Gasteiger partial charge is 0.345 e. The Morgan fingerprint density at radius 2 is 2.25 bits per heavy atom. The number of nitrogens with one attached hydrogen (secondary N) is 1. The van der Waals surface area contributed by atoms with Crippen LogP contribution in [-0.4, -0.2) is 17.3 Å². The van der Waals surface area contributed by atoms with Gasteiger partial charge in [-0.25, -0.2) is 4.39 Å². The molecule has 0 aromatic heterocycles. The van der Waals surface area contributed by atoms with E-state index in [0.717, 1.165) is 18.4 Å². The molecule has 2 nitrogen and oxygen atoms in total. The van der Waals surface area contributed by atoms with Gasteiger partial charge in [0.1, 0.15) is 5.82 Å². The fourth-order valence-electron chi connectivity index (χ4n) is 1.59. The molecular weight excluding hydrogens is 229 g/mol. The molecular formula is C12H13ClFNO. The van der Waals surface area contributed by atoms with E-state index in [1.165, 1.54) is 12.1 Å². The lowest BCUT2D eigenvalue weighted by Gasteiger charge is -2.15. The van der Waals surface area contributed by atoms with Gasteiger partial charge in [-0.3, -0.25) is 4.79 Å². The number of alkyl halides is 1. The monoisotopic (exact) mass is 241 g/mol. The first-order valence-electron chi connectivity index (χ1n) is 5.21. The second-order valence-corrected chi connectivity index (χ2v) is 4.59. The zero-order valence-electron chi connectivity index (χ0n) is 9.02. The number of halogens is 2. The number of carbonyl (C=O) groups excluding carboxylic acids is 1. The van der Waals surface area contributed by atoms with Crippen LogP contribution < -0.4 is 5.32 Å². The molecule has 86 valence electrons. The Morgan fingerprint density at radius 1 is 1.56 bits per heavy atom. The molecule has 2 rings (SSSR count). The maximum atomic E-state index is 13.0. The quantitative estimate of drug-likeness (QED) is 0.810. The molecule has 1 aromatic rings. The topological polar surface area (TPSA) is 29.1 Å². The van der Waals surface area contributed by atoms with Crippen LogP contribution in [0, 0.1) is 12.7 Å². The van der Waals surface area contributed by atoms with E-state index in [9.17, 15) is 9.18 Å². The van der Waals surface area contributed by atoms with Gasteiger partial charge in [0.15, 0.2) is 0 Å². The van der Waals surface area contributed by atoms with E-state index in [0.29, 0.717) is 11.4 Å². The minimum atomic E-state index is -0.397. The Hall–Kier alpha value is -1.09. The zero-order chi connectivity index (χ0) is 11.8. The van der Waals surface area contributed by atoms with E-state index < -0.39 is 5.82 Å².